The van der Waals surface area contributed by atoms with E-state index >= 15 is 0 Å². The van der Waals surface area contributed by atoms with Gasteiger partial charge < -0.3 is 0 Å². The molecule has 18 heavy (non-hydrogen) atoms. The van der Waals surface area contributed by atoms with Crippen molar-refractivity contribution in [3.63, 3.8) is 0 Å². The van der Waals surface area contributed by atoms with Gasteiger partial charge in [-0.05, 0) is 42.1 Å². The van der Waals surface area contributed by atoms with Crippen LogP contribution >= 0.6 is 11.8 Å². The molecule has 0 saturated heterocycles. The lowest BCUT2D eigenvalue weighted by molar-refractivity contribution is -0.141. The average molecular weight is 274 g/mol. The Bertz CT molecular complexity index is 539. The standard InChI is InChI=1S/C11H6F4N2S/c12-7-1-3-8(4-2-7)18-10-16-6-5-9(17-10)11(13,14)15/h1-6H. The Kier molecular flexibility index (Phi) is 3.51. The van der Waals surface area contributed by atoms with Crippen LogP contribution in [0.1, 0.15) is 5.69 Å². The van der Waals surface area contributed by atoms with Gasteiger partial charge in [-0.25, -0.2) is 14.4 Å². The highest BCUT2D eigenvalue weighted by Crippen LogP contribution is 2.30. The van der Waals surface area contributed by atoms with Gasteiger partial charge in [-0.2, -0.15) is 13.2 Å². The van der Waals surface area contributed by atoms with Gasteiger partial charge in [0.1, 0.15) is 11.5 Å². The fourth-order valence-corrected chi connectivity index (χ4v) is 1.90. The fourth-order valence-electron chi connectivity index (χ4n) is 1.16. The first-order valence-corrected chi connectivity index (χ1v) is 5.60. The SMILES string of the molecule is Fc1ccc(Sc2nccc(C(F)(F)F)n2)cc1. The lowest BCUT2D eigenvalue weighted by Crippen LogP contribution is -2.08. The predicted octanol–water partition coefficient (Wildman–Crippen LogP) is 3.79. The quantitative estimate of drug-likeness (QED) is 0.615. The summed E-state index contributed by atoms with van der Waals surface area (Å²) >= 11 is 0.938. The maximum absolute atomic E-state index is 12.7. The molecule has 0 amide bonds. The molecule has 0 unspecified atom stereocenters. The minimum Gasteiger partial charge on any atom is -0.231 e. The normalized spacial score (nSPS) is 11.6. The molecular weight excluding hydrogens is 268 g/mol. The van der Waals surface area contributed by atoms with E-state index in [9.17, 15) is 17.6 Å². The third-order valence-corrected chi connectivity index (χ3v) is 2.83. The summed E-state index contributed by atoms with van der Waals surface area (Å²) in [5.74, 6) is -0.413. The van der Waals surface area contributed by atoms with Crippen molar-refractivity contribution in [3.8, 4) is 0 Å². The number of nitrogens with zero attached hydrogens (tertiary/aromatic N) is 2. The van der Waals surface area contributed by atoms with Crippen molar-refractivity contribution in [2.24, 2.45) is 0 Å². The molecule has 94 valence electrons. The second kappa shape index (κ2) is 4.93. The lowest BCUT2D eigenvalue weighted by Gasteiger charge is -2.06. The number of hydrogen-bond donors (Lipinski definition) is 0. The van der Waals surface area contributed by atoms with E-state index in [4.69, 9.17) is 0 Å². The van der Waals surface area contributed by atoms with Crippen LogP contribution in [-0.4, -0.2) is 9.97 Å². The van der Waals surface area contributed by atoms with E-state index in [1.54, 1.807) is 0 Å². The highest BCUT2D eigenvalue weighted by atomic mass is 32.2. The van der Waals surface area contributed by atoms with Crippen molar-refractivity contribution in [1.29, 1.82) is 0 Å². The van der Waals surface area contributed by atoms with Crippen molar-refractivity contribution in [1.82, 2.24) is 9.97 Å². The zero-order valence-electron chi connectivity index (χ0n) is 8.78. The molecule has 1 aromatic heterocycles. The number of aromatic nitrogens is 2. The lowest BCUT2D eigenvalue weighted by atomic mass is 10.4. The Morgan fingerprint density at radius 3 is 2.28 bits per heavy atom. The fraction of sp³-hybridized carbons (Fsp3) is 0.0909. The van der Waals surface area contributed by atoms with E-state index in [2.05, 4.69) is 9.97 Å². The molecule has 1 aromatic carbocycles. The summed E-state index contributed by atoms with van der Waals surface area (Å²) in [7, 11) is 0. The number of benzene rings is 1. The van der Waals surface area contributed by atoms with Crippen molar-refractivity contribution in [3.05, 3.63) is 48.0 Å². The predicted molar refractivity (Wildman–Crippen MR) is 57.6 cm³/mol. The first kappa shape index (κ1) is 12.8. The Morgan fingerprint density at radius 1 is 1.00 bits per heavy atom. The summed E-state index contributed by atoms with van der Waals surface area (Å²) in [6.07, 6.45) is -3.46. The Balaban J connectivity index is 2.22. The first-order chi connectivity index (χ1) is 8.45. The summed E-state index contributed by atoms with van der Waals surface area (Å²) in [5, 5.41) is -0.0311. The molecular formula is C11H6F4N2S. The van der Waals surface area contributed by atoms with E-state index in [1.165, 1.54) is 24.3 Å². The molecule has 7 heteroatoms. The minimum atomic E-state index is -4.50. The summed E-state index contributed by atoms with van der Waals surface area (Å²) < 4.78 is 49.9. The van der Waals surface area contributed by atoms with Gasteiger partial charge in [0.05, 0.1) is 0 Å². The van der Waals surface area contributed by atoms with Gasteiger partial charge >= 0.3 is 6.18 Å². The molecule has 0 saturated carbocycles. The number of hydrogen-bond acceptors (Lipinski definition) is 3. The molecule has 0 aliphatic heterocycles. The Morgan fingerprint density at radius 2 is 1.67 bits per heavy atom. The Labute approximate surface area is 104 Å². The van der Waals surface area contributed by atoms with Gasteiger partial charge in [0.25, 0.3) is 0 Å². The highest BCUT2D eigenvalue weighted by molar-refractivity contribution is 7.99. The summed E-state index contributed by atoms with van der Waals surface area (Å²) in [6.45, 7) is 0. The molecule has 0 radical (unpaired) electrons. The van der Waals surface area contributed by atoms with Gasteiger partial charge in [0.2, 0.25) is 0 Å². The molecule has 0 N–H and O–H groups in total. The van der Waals surface area contributed by atoms with Crippen LogP contribution in [-0.2, 0) is 6.18 Å². The van der Waals surface area contributed by atoms with Gasteiger partial charge in [0, 0.05) is 11.1 Å². The molecule has 0 aliphatic rings. The molecule has 0 atom stereocenters. The largest absolute Gasteiger partial charge is 0.433 e. The van der Waals surface area contributed by atoms with E-state index < -0.39 is 17.7 Å². The molecule has 0 fully saturated rings. The average Bonchev–Trinajstić information content (AvgIpc) is 2.31. The number of alkyl halides is 3. The number of rotatable bonds is 2. The molecule has 0 bridgehead atoms. The highest BCUT2D eigenvalue weighted by Gasteiger charge is 2.32. The molecule has 2 nitrogen and oxygen atoms in total. The third-order valence-electron chi connectivity index (χ3n) is 1.95. The second-order valence-corrected chi connectivity index (χ2v) is 4.32. The summed E-state index contributed by atoms with van der Waals surface area (Å²) in [4.78, 5) is 7.69. The van der Waals surface area contributed by atoms with Gasteiger partial charge in [0.15, 0.2) is 5.16 Å². The molecule has 2 aromatic rings. The van der Waals surface area contributed by atoms with Gasteiger partial charge in [-0.15, -0.1) is 0 Å². The maximum atomic E-state index is 12.7. The van der Waals surface area contributed by atoms with Crippen molar-refractivity contribution in [2.75, 3.05) is 0 Å². The van der Waals surface area contributed by atoms with Crippen LogP contribution < -0.4 is 0 Å². The van der Waals surface area contributed by atoms with E-state index in [1.807, 2.05) is 0 Å². The second-order valence-electron chi connectivity index (χ2n) is 3.28. The smallest absolute Gasteiger partial charge is 0.231 e. The molecule has 0 aliphatic carbocycles. The van der Waals surface area contributed by atoms with Crippen LogP contribution in [0.4, 0.5) is 17.6 Å². The molecule has 2 rings (SSSR count). The number of halogens is 4. The minimum absolute atomic E-state index is 0.0311. The monoisotopic (exact) mass is 274 g/mol. The van der Waals surface area contributed by atoms with Crippen LogP contribution in [0.25, 0.3) is 0 Å². The van der Waals surface area contributed by atoms with E-state index in [-0.39, 0.29) is 5.16 Å². The van der Waals surface area contributed by atoms with Gasteiger partial charge in [-0.3, -0.25) is 0 Å². The molecule has 1 heterocycles. The molecule has 0 spiro atoms. The van der Waals surface area contributed by atoms with Gasteiger partial charge in [-0.1, -0.05) is 0 Å². The maximum Gasteiger partial charge on any atom is 0.433 e. The first-order valence-electron chi connectivity index (χ1n) is 4.79. The Hall–Kier alpha value is -1.63. The third kappa shape index (κ3) is 3.19. The van der Waals surface area contributed by atoms with Crippen LogP contribution in [0, 0.1) is 5.82 Å². The summed E-state index contributed by atoms with van der Waals surface area (Å²) in [5.41, 5.74) is -0.998. The van der Waals surface area contributed by atoms with Crippen LogP contribution in [0.2, 0.25) is 0 Å². The topological polar surface area (TPSA) is 25.8 Å². The van der Waals surface area contributed by atoms with Crippen molar-refractivity contribution < 1.29 is 17.6 Å². The van der Waals surface area contributed by atoms with Crippen molar-refractivity contribution in [2.45, 2.75) is 16.2 Å². The summed E-state index contributed by atoms with van der Waals surface area (Å²) in [6, 6.07) is 6.13. The van der Waals surface area contributed by atoms with E-state index in [0.717, 1.165) is 24.0 Å². The van der Waals surface area contributed by atoms with E-state index in [0.29, 0.717) is 4.90 Å². The van der Waals surface area contributed by atoms with Crippen LogP contribution in [0.15, 0.2) is 46.6 Å². The zero-order chi connectivity index (χ0) is 13.2. The van der Waals surface area contributed by atoms with Crippen LogP contribution in [0.5, 0.6) is 0 Å². The van der Waals surface area contributed by atoms with Crippen LogP contribution in [0.3, 0.4) is 0 Å². The van der Waals surface area contributed by atoms with Crippen molar-refractivity contribution >= 4 is 11.8 Å². The zero-order valence-corrected chi connectivity index (χ0v) is 9.60.